The number of aromatic nitrogens is 2. The number of rotatable bonds is 6. The predicted octanol–water partition coefficient (Wildman–Crippen LogP) is 1.31. The lowest BCUT2D eigenvalue weighted by atomic mass is 10.1. The number of amides is 2. The lowest BCUT2D eigenvalue weighted by molar-refractivity contribution is -0.129. The van der Waals surface area contributed by atoms with Gasteiger partial charge >= 0.3 is 0 Å². The summed E-state index contributed by atoms with van der Waals surface area (Å²) in [5.74, 6) is -0.609. The summed E-state index contributed by atoms with van der Waals surface area (Å²) in [5, 5.41) is 6.96. The van der Waals surface area contributed by atoms with Crippen molar-refractivity contribution in [1.82, 2.24) is 20.0 Å². The number of benzene rings is 1. The third kappa shape index (κ3) is 3.87. The molecule has 1 N–H and O–H groups in total. The summed E-state index contributed by atoms with van der Waals surface area (Å²) in [6.07, 6.45) is 1.17. The Labute approximate surface area is 145 Å². The number of hydrogen-bond donors (Lipinski definition) is 1. The molecule has 1 saturated heterocycles. The van der Waals surface area contributed by atoms with Gasteiger partial charge in [-0.25, -0.2) is 4.39 Å². The van der Waals surface area contributed by atoms with E-state index in [-0.39, 0.29) is 24.1 Å². The van der Waals surface area contributed by atoms with E-state index in [1.165, 1.54) is 4.90 Å². The monoisotopic (exact) mass is 344 g/mol. The standard InChI is InChI=1S/C18H21FN4O2/c1-22-14(11-13-5-3-2-4-6-13)12-16(21-22)17(24)20-15-7-9-23(10-8-19)18(15)25/h2-6,12,15H,7-11H2,1H3,(H,20,24). The molecule has 0 saturated carbocycles. The van der Waals surface area contributed by atoms with Crippen LogP contribution in [0.1, 0.15) is 28.2 Å². The maximum Gasteiger partial charge on any atom is 0.272 e. The average Bonchev–Trinajstić information content (AvgIpc) is 3.14. The van der Waals surface area contributed by atoms with Gasteiger partial charge in [0.05, 0.1) is 0 Å². The molecule has 1 aliphatic heterocycles. The number of aryl methyl sites for hydroxylation is 1. The molecule has 1 unspecified atom stereocenters. The Balaban J connectivity index is 1.65. The van der Waals surface area contributed by atoms with E-state index >= 15 is 0 Å². The second-order valence-electron chi connectivity index (χ2n) is 6.14. The van der Waals surface area contributed by atoms with E-state index in [0.717, 1.165) is 11.3 Å². The van der Waals surface area contributed by atoms with E-state index in [1.807, 2.05) is 30.3 Å². The number of carbonyl (C=O) groups excluding carboxylic acids is 2. The van der Waals surface area contributed by atoms with Crippen molar-refractivity contribution in [3.63, 3.8) is 0 Å². The van der Waals surface area contributed by atoms with Crippen LogP contribution in [0.3, 0.4) is 0 Å². The van der Waals surface area contributed by atoms with Crippen molar-refractivity contribution in [3.05, 3.63) is 53.3 Å². The maximum absolute atomic E-state index is 12.4. The molecule has 0 radical (unpaired) electrons. The first-order valence-corrected chi connectivity index (χ1v) is 8.31. The van der Waals surface area contributed by atoms with Gasteiger partial charge in [0.25, 0.3) is 5.91 Å². The Hall–Kier alpha value is -2.70. The molecule has 1 atom stereocenters. The summed E-state index contributed by atoms with van der Waals surface area (Å²) >= 11 is 0. The molecule has 1 aromatic carbocycles. The molecule has 6 nitrogen and oxygen atoms in total. The van der Waals surface area contributed by atoms with Crippen LogP contribution in [0.25, 0.3) is 0 Å². The summed E-state index contributed by atoms with van der Waals surface area (Å²) in [7, 11) is 1.79. The Morgan fingerprint density at radius 2 is 2.12 bits per heavy atom. The van der Waals surface area contributed by atoms with Crippen molar-refractivity contribution in [3.8, 4) is 0 Å². The van der Waals surface area contributed by atoms with E-state index in [0.29, 0.717) is 19.4 Å². The first-order chi connectivity index (χ1) is 12.1. The second kappa shape index (κ2) is 7.46. The van der Waals surface area contributed by atoms with E-state index < -0.39 is 12.7 Å². The average molecular weight is 344 g/mol. The molecule has 2 amide bonds. The number of carbonyl (C=O) groups is 2. The smallest absolute Gasteiger partial charge is 0.272 e. The molecule has 3 rings (SSSR count). The molecule has 132 valence electrons. The van der Waals surface area contributed by atoms with Gasteiger partial charge in [-0.15, -0.1) is 0 Å². The first kappa shape index (κ1) is 17.1. The van der Waals surface area contributed by atoms with Crippen LogP contribution >= 0.6 is 0 Å². The summed E-state index contributed by atoms with van der Waals surface area (Å²) in [6.45, 7) is -0.0271. The highest BCUT2D eigenvalue weighted by Gasteiger charge is 2.33. The lowest BCUT2D eigenvalue weighted by Crippen LogP contribution is -2.42. The SMILES string of the molecule is Cn1nc(C(=O)NC2CCN(CCF)C2=O)cc1Cc1ccccc1. The van der Waals surface area contributed by atoms with Gasteiger partial charge in [0, 0.05) is 32.3 Å². The molecule has 7 heteroatoms. The zero-order chi connectivity index (χ0) is 17.8. The quantitative estimate of drug-likeness (QED) is 0.859. The van der Waals surface area contributed by atoms with Gasteiger partial charge in [-0.05, 0) is 18.1 Å². The second-order valence-corrected chi connectivity index (χ2v) is 6.14. The zero-order valence-electron chi connectivity index (χ0n) is 14.1. The molecule has 1 aromatic heterocycles. The van der Waals surface area contributed by atoms with E-state index in [2.05, 4.69) is 10.4 Å². The molecule has 0 bridgehead atoms. The van der Waals surface area contributed by atoms with Crippen molar-refractivity contribution in [1.29, 1.82) is 0 Å². The summed E-state index contributed by atoms with van der Waals surface area (Å²) in [5.41, 5.74) is 2.32. The molecule has 1 fully saturated rings. The molecular weight excluding hydrogens is 323 g/mol. The van der Waals surface area contributed by atoms with Crippen molar-refractivity contribution < 1.29 is 14.0 Å². The number of nitrogens with zero attached hydrogens (tertiary/aromatic N) is 3. The van der Waals surface area contributed by atoms with Crippen LogP contribution < -0.4 is 5.32 Å². The number of nitrogens with one attached hydrogen (secondary N) is 1. The van der Waals surface area contributed by atoms with Crippen molar-refractivity contribution >= 4 is 11.8 Å². The van der Waals surface area contributed by atoms with Gasteiger partial charge in [0.15, 0.2) is 0 Å². The Bertz CT molecular complexity index is 760. The molecule has 0 aliphatic carbocycles. The topological polar surface area (TPSA) is 67.2 Å². The lowest BCUT2D eigenvalue weighted by Gasteiger charge is -2.14. The molecular formula is C18H21FN4O2. The highest BCUT2D eigenvalue weighted by atomic mass is 19.1. The Morgan fingerprint density at radius 3 is 2.84 bits per heavy atom. The molecule has 25 heavy (non-hydrogen) atoms. The molecule has 0 spiro atoms. The first-order valence-electron chi connectivity index (χ1n) is 8.31. The minimum atomic E-state index is -0.598. The fraction of sp³-hybridized carbons (Fsp3) is 0.389. The van der Waals surface area contributed by atoms with Crippen LogP contribution in [0.5, 0.6) is 0 Å². The summed E-state index contributed by atoms with van der Waals surface area (Å²) < 4.78 is 14.1. The molecule has 1 aliphatic rings. The van der Waals surface area contributed by atoms with Gasteiger partial charge in [0.2, 0.25) is 5.91 Å². The fourth-order valence-electron chi connectivity index (χ4n) is 3.02. The number of alkyl halides is 1. The third-order valence-corrected chi connectivity index (χ3v) is 4.39. The van der Waals surface area contributed by atoms with Gasteiger partial charge in [0.1, 0.15) is 18.4 Å². The fourth-order valence-corrected chi connectivity index (χ4v) is 3.02. The van der Waals surface area contributed by atoms with Gasteiger partial charge < -0.3 is 10.2 Å². The van der Waals surface area contributed by atoms with Crippen molar-refractivity contribution in [2.75, 3.05) is 19.8 Å². The predicted molar refractivity (Wildman–Crippen MR) is 90.9 cm³/mol. The zero-order valence-corrected chi connectivity index (χ0v) is 14.1. The van der Waals surface area contributed by atoms with Crippen LogP contribution in [-0.2, 0) is 18.3 Å². The Morgan fingerprint density at radius 1 is 1.36 bits per heavy atom. The minimum Gasteiger partial charge on any atom is -0.339 e. The van der Waals surface area contributed by atoms with Crippen molar-refractivity contribution in [2.24, 2.45) is 7.05 Å². The Kier molecular flexibility index (Phi) is 5.11. The highest BCUT2D eigenvalue weighted by molar-refractivity contribution is 5.96. The normalized spacial score (nSPS) is 17.1. The van der Waals surface area contributed by atoms with Gasteiger partial charge in [-0.1, -0.05) is 30.3 Å². The van der Waals surface area contributed by atoms with Crippen LogP contribution in [-0.4, -0.2) is 52.3 Å². The number of likely N-dealkylation sites (tertiary alicyclic amines) is 1. The number of halogens is 1. The number of hydrogen-bond acceptors (Lipinski definition) is 3. The van der Waals surface area contributed by atoms with Crippen LogP contribution in [0.15, 0.2) is 36.4 Å². The van der Waals surface area contributed by atoms with E-state index in [9.17, 15) is 14.0 Å². The largest absolute Gasteiger partial charge is 0.339 e. The van der Waals surface area contributed by atoms with Crippen LogP contribution in [0.2, 0.25) is 0 Å². The van der Waals surface area contributed by atoms with Gasteiger partial charge in [-0.2, -0.15) is 5.10 Å². The highest BCUT2D eigenvalue weighted by Crippen LogP contribution is 2.13. The van der Waals surface area contributed by atoms with Crippen LogP contribution in [0, 0.1) is 0 Å². The minimum absolute atomic E-state index is 0.0794. The van der Waals surface area contributed by atoms with Gasteiger partial charge in [-0.3, -0.25) is 14.3 Å². The van der Waals surface area contributed by atoms with E-state index in [1.54, 1.807) is 17.8 Å². The summed E-state index contributed by atoms with van der Waals surface area (Å²) in [4.78, 5) is 25.9. The maximum atomic E-state index is 12.4. The molecule has 2 aromatic rings. The third-order valence-electron chi connectivity index (χ3n) is 4.39. The van der Waals surface area contributed by atoms with Crippen molar-refractivity contribution in [2.45, 2.75) is 18.9 Å². The molecule has 2 heterocycles. The van der Waals surface area contributed by atoms with E-state index in [4.69, 9.17) is 0 Å². The van der Waals surface area contributed by atoms with Crippen LogP contribution in [0.4, 0.5) is 4.39 Å². The summed E-state index contributed by atoms with van der Waals surface area (Å²) in [6, 6.07) is 11.1.